The minimum absolute atomic E-state index is 0.00260. The van der Waals surface area contributed by atoms with Crippen LogP contribution < -0.4 is 10.1 Å². The minimum Gasteiger partial charge on any atom is -0.497 e. The van der Waals surface area contributed by atoms with Gasteiger partial charge < -0.3 is 15.0 Å². The molecule has 0 saturated carbocycles. The van der Waals surface area contributed by atoms with Gasteiger partial charge in [0, 0.05) is 30.4 Å². The van der Waals surface area contributed by atoms with Crippen LogP contribution in [0.2, 0.25) is 0 Å². The molecule has 0 aliphatic carbocycles. The molecule has 0 spiro atoms. The Morgan fingerprint density at radius 3 is 2.42 bits per heavy atom. The van der Waals surface area contributed by atoms with Gasteiger partial charge in [-0.1, -0.05) is 12.1 Å². The van der Waals surface area contributed by atoms with Crippen molar-refractivity contribution >= 4 is 34.9 Å². The molecule has 4 rings (SSSR count). The topological polar surface area (TPSA) is 58.6 Å². The van der Waals surface area contributed by atoms with Crippen LogP contribution in [0.4, 0.5) is 18.9 Å². The molecule has 2 aromatic carbocycles. The van der Waals surface area contributed by atoms with Gasteiger partial charge in [0.1, 0.15) is 5.75 Å². The number of halogens is 3. The summed E-state index contributed by atoms with van der Waals surface area (Å²) in [5, 5.41) is 6.73. The molecule has 1 aliphatic rings. The van der Waals surface area contributed by atoms with E-state index in [2.05, 4.69) is 5.32 Å². The van der Waals surface area contributed by atoms with Crippen molar-refractivity contribution < 1.29 is 27.5 Å². The maximum Gasteiger partial charge on any atom is 0.416 e. The first-order valence-electron chi connectivity index (χ1n) is 11.4. The molecule has 1 aromatic heterocycles. The first-order chi connectivity index (χ1) is 17.2. The number of likely N-dealkylation sites (tertiary alicyclic amines) is 1. The van der Waals surface area contributed by atoms with E-state index in [0.29, 0.717) is 31.6 Å². The predicted molar refractivity (Wildman–Crippen MR) is 134 cm³/mol. The molecular formula is C27H25F3N2O3S. The number of hydrogen-bond acceptors (Lipinski definition) is 4. The molecule has 1 fully saturated rings. The van der Waals surface area contributed by atoms with Crippen LogP contribution in [0.1, 0.15) is 45.8 Å². The summed E-state index contributed by atoms with van der Waals surface area (Å²) in [6, 6.07) is 12.6. The quantitative estimate of drug-likeness (QED) is 0.385. The summed E-state index contributed by atoms with van der Waals surface area (Å²) in [7, 11) is 1.27. The molecule has 2 heterocycles. The van der Waals surface area contributed by atoms with Gasteiger partial charge in [-0.3, -0.25) is 9.59 Å². The number of rotatable bonds is 6. The third kappa shape index (κ3) is 6.34. The SMILES string of the molecule is COc1cc(C(=O)N2CCC(c3ccc(NC(=O)/C=C/c4ccsc4)cc3)CC2)cc(C(F)(F)F)c1. The van der Waals surface area contributed by atoms with Crippen molar-refractivity contribution in [3.63, 3.8) is 0 Å². The summed E-state index contributed by atoms with van der Waals surface area (Å²) >= 11 is 1.56. The highest BCUT2D eigenvalue weighted by molar-refractivity contribution is 7.08. The molecule has 1 saturated heterocycles. The number of benzene rings is 2. The lowest BCUT2D eigenvalue weighted by atomic mass is 9.89. The first-order valence-corrected chi connectivity index (χ1v) is 12.3. The Hall–Kier alpha value is -3.59. The van der Waals surface area contributed by atoms with Crippen molar-refractivity contribution in [1.29, 1.82) is 0 Å². The van der Waals surface area contributed by atoms with Crippen LogP contribution in [0, 0.1) is 0 Å². The fraction of sp³-hybridized carbons (Fsp3) is 0.259. The number of amides is 2. The highest BCUT2D eigenvalue weighted by Gasteiger charge is 2.33. The maximum absolute atomic E-state index is 13.2. The maximum atomic E-state index is 13.2. The van der Waals surface area contributed by atoms with Gasteiger partial charge in [-0.2, -0.15) is 24.5 Å². The number of carbonyl (C=O) groups is 2. The van der Waals surface area contributed by atoms with Gasteiger partial charge in [0.15, 0.2) is 0 Å². The van der Waals surface area contributed by atoms with E-state index in [4.69, 9.17) is 4.74 Å². The number of nitrogens with zero attached hydrogens (tertiary/aromatic N) is 1. The third-order valence-corrected chi connectivity index (χ3v) is 6.82. The van der Waals surface area contributed by atoms with Crippen molar-refractivity contribution in [2.24, 2.45) is 0 Å². The molecule has 2 amide bonds. The summed E-state index contributed by atoms with van der Waals surface area (Å²) in [5.41, 5.74) is 1.81. The van der Waals surface area contributed by atoms with Gasteiger partial charge in [0.25, 0.3) is 5.91 Å². The average Bonchev–Trinajstić information content (AvgIpc) is 3.41. The monoisotopic (exact) mass is 514 g/mol. The number of hydrogen-bond donors (Lipinski definition) is 1. The number of methoxy groups -OCH3 is 1. The number of alkyl halides is 3. The van der Waals surface area contributed by atoms with E-state index in [0.717, 1.165) is 23.3 Å². The fourth-order valence-electron chi connectivity index (χ4n) is 4.17. The van der Waals surface area contributed by atoms with Crippen molar-refractivity contribution in [2.75, 3.05) is 25.5 Å². The lowest BCUT2D eigenvalue weighted by Gasteiger charge is -2.32. The first kappa shape index (κ1) is 25.5. The van der Waals surface area contributed by atoms with Gasteiger partial charge in [-0.05, 0) is 83.1 Å². The third-order valence-electron chi connectivity index (χ3n) is 6.12. The van der Waals surface area contributed by atoms with E-state index in [9.17, 15) is 22.8 Å². The number of piperidine rings is 1. The molecule has 3 aromatic rings. The Morgan fingerprint density at radius 1 is 1.08 bits per heavy atom. The molecule has 0 bridgehead atoms. The van der Waals surface area contributed by atoms with Crippen LogP contribution in [0.15, 0.2) is 65.4 Å². The summed E-state index contributed by atoms with van der Waals surface area (Å²) in [6.45, 7) is 0.877. The number of nitrogens with one attached hydrogen (secondary N) is 1. The van der Waals surface area contributed by atoms with Crippen molar-refractivity contribution in [3.05, 3.63) is 87.6 Å². The number of carbonyl (C=O) groups excluding carboxylic acids is 2. The molecule has 0 unspecified atom stereocenters. The van der Waals surface area contributed by atoms with E-state index in [1.54, 1.807) is 22.3 Å². The predicted octanol–water partition coefficient (Wildman–Crippen LogP) is 6.45. The number of ether oxygens (including phenoxy) is 1. The molecule has 9 heteroatoms. The second-order valence-corrected chi connectivity index (χ2v) is 9.30. The molecule has 1 N–H and O–H groups in total. The number of anilines is 1. The summed E-state index contributed by atoms with van der Waals surface area (Å²) in [4.78, 5) is 26.6. The van der Waals surface area contributed by atoms with E-state index in [1.807, 2.05) is 41.1 Å². The lowest BCUT2D eigenvalue weighted by Crippen LogP contribution is -2.38. The van der Waals surface area contributed by atoms with Crippen LogP contribution in [0.25, 0.3) is 6.08 Å². The molecule has 5 nitrogen and oxygen atoms in total. The Kier molecular flexibility index (Phi) is 7.79. The normalized spacial score (nSPS) is 14.7. The van der Waals surface area contributed by atoms with Crippen LogP contribution in [0.5, 0.6) is 5.75 Å². The van der Waals surface area contributed by atoms with Gasteiger partial charge in [-0.25, -0.2) is 0 Å². The Labute approximate surface area is 211 Å². The molecule has 0 radical (unpaired) electrons. The van der Waals surface area contributed by atoms with Crippen molar-refractivity contribution in [3.8, 4) is 5.75 Å². The zero-order valence-electron chi connectivity index (χ0n) is 19.5. The van der Waals surface area contributed by atoms with Gasteiger partial charge in [-0.15, -0.1) is 0 Å². The van der Waals surface area contributed by atoms with Crippen LogP contribution in [-0.4, -0.2) is 36.9 Å². The van der Waals surface area contributed by atoms with Gasteiger partial charge >= 0.3 is 6.18 Å². The van der Waals surface area contributed by atoms with Gasteiger partial charge in [0.2, 0.25) is 5.91 Å². The minimum atomic E-state index is -4.57. The summed E-state index contributed by atoms with van der Waals surface area (Å²) in [6.07, 6.45) is 0.0593. The molecule has 0 atom stereocenters. The van der Waals surface area contributed by atoms with Gasteiger partial charge in [0.05, 0.1) is 12.7 Å². The van der Waals surface area contributed by atoms with E-state index >= 15 is 0 Å². The largest absolute Gasteiger partial charge is 0.497 e. The Bertz CT molecular complexity index is 1230. The zero-order valence-corrected chi connectivity index (χ0v) is 20.4. The van der Waals surface area contributed by atoms with Crippen LogP contribution >= 0.6 is 11.3 Å². The second kappa shape index (κ2) is 11.0. The Morgan fingerprint density at radius 2 is 1.81 bits per heavy atom. The second-order valence-electron chi connectivity index (χ2n) is 8.52. The van der Waals surface area contributed by atoms with E-state index in [-0.39, 0.29) is 23.1 Å². The average molecular weight is 515 g/mol. The smallest absolute Gasteiger partial charge is 0.416 e. The molecule has 36 heavy (non-hydrogen) atoms. The molecule has 1 aliphatic heterocycles. The van der Waals surface area contributed by atoms with Crippen molar-refractivity contribution in [1.82, 2.24) is 4.90 Å². The number of thiophene rings is 1. The molecular weight excluding hydrogens is 489 g/mol. The highest BCUT2D eigenvalue weighted by Crippen LogP contribution is 2.34. The zero-order chi connectivity index (χ0) is 25.7. The highest BCUT2D eigenvalue weighted by atomic mass is 32.1. The standard InChI is InChI=1S/C27H25F3N2O3S/c1-35-24-15-21(14-22(16-24)27(28,29)30)26(34)32-11-8-20(9-12-32)19-3-5-23(6-4-19)31-25(33)7-2-18-10-13-36-17-18/h2-7,10,13-17,20H,8-9,11-12H2,1H3,(H,31,33)/b7-2+. The van der Waals surface area contributed by atoms with Crippen LogP contribution in [-0.2, 0) is 11.0 Å². The van der Waals surface area contributed by atoms with E-state index in [1.165, 1.54) is 19.3 Å². The Balaban J connectivity index is 1.34. The van der Waals surface area contributed by atoms with E-state index < -0.39 is 17.6 Å². The fourth-order valence-corrected chi connectivity index (χ4v) is 4.80. The summed E-state index contributed by atoms with van der Waals surface area (Å²) < 4.78 is 44.6. The van der Waals surface area contributed by atoms with Crippen molar-refractivity contribution in [2.45, 2.75) is 24.9 Å². The molecule has 188 valence electrons. The summed E-state index contributed by atoms with van der Waals surface area (Å²) in [5.74, 6) is -0.441. The van der Waals surface area contributed by atoms with Crippen LogP contribution in [0.3, 0.4) is 0 Å². The lowest BCUT2D eigenvalue weighted by molar-refractivity contribution is -0.137.